The Morgan fingerprint density at radius 2 is 1.59 bits per heavy atom. The third-order valence-electron chi connectivity index (χ3n) is 7.15. The first-order valence-corrected chi connectivity index (χ1v) is 12.2. The number of carbonyl (C=O) groups is 1. The number of benzene rings is 3. The lowest BCUT2D eigenvalue weighted by Crippen LogP contribution is -2.33. The molecule has 37 heavy (non-hydrogen) atoms. The average molecular weight is 494 g/mol. The first kappa shape index (κ1) is 22.8. The number of hydrogen-bond acceptors (Lipinski definition) is 7. The Labute approximate surface area is 214 Å². The van der Waals surface area contributed by atoms with Crippen LogP contribution in [-0.2, 0) is 4.79 Å². The molecular formula is C29H27N5O3. The van der Waals surface area contributed by atoms with Crippen molar-refractivity contribution in [2.45, 2.75) is 24.8 Å². The first-order chi connectivity index (χ1) is 18.1. The van der Waals surface area contributed by atoms with Crippen LogP contribution in [0.1, 0.15) is 35.9 Å². The molecule has 0 spiro atoms. The topological polar surface area (TPSA) is 104 Å². The number of carbonyl (C=O) groups excluding carboxylic acids is 1. The minimum atomic E-state index is -0.403. The Bertz CT molecular complexity index is 1510. The first-order valence-electron chi connectivity index (χ1n) is 12.2. The molecule has 8 nitrogen and oxygen atoms in total. The molecule has 8 heteroatoms. The van der Waals surface area contributed by atoms with Gasteiger partial charge in [-0.15, -0.1) is 5.10 Å². The molecule has 6 rings (SSSR count). The summed E-state index contributed by atoms with van der Waals surface area (Å²) in [5.74, 6) is 2.07. The molecule has 1 aliphatic carbocycles. The van der Waals surface area contributed by atoms with Crippen molar-refractivity contribution >= 4 is 17.7 Å². The molecule has 0 radical (unpaired) electrons. The van der Waals surface area contributed by atoms with E-state index >= 15 is 0 Å². The van der Waals surface area contributed by atoms with Gasteiger partial charge < -0.3 is 20.5 Å². The molecule has 2 atom stereocenters. The molecule has 0 unspecified atom stereocenters. The largest absolute Gasteiger partial charge is 0.493 e. The van der Waals surface area contributed by atoms with Gasteiger partial charge in [-0.05, 0) is 46.7 Å². The zero-order chi connectivity index (χ0) is 25.5. The van der Waals surface area contributed by atoms with E-state index in [1.165, 1.54) is 0 Å². The van der Waals surface area contributed by atoms with E-state index in [1.807, 2.05) is 36.4 Å². The molecule has 0 saturated carbocycles. The van der Waals surface area contributed by atoms with Gasteiger partial charge in [0.1, 0.15) is 6.04 Å². The van der Waals surface area contributed by atoms with E-state index in [9.17, 15) is 4.79 Å². The summed E-state index contributed by atoms with van der Waals surface area (Å²) in [5.41, 5.74) is 11.8. The second-order valence-corrected chi connectivity index (χ2v) is 9.29. The second-order valence-electron chi connectivity index (χ2n) is 9.29. The maximum atomic E-state index is 13.7. The number of rotatable bonds is 5. The lowest BCUT2D eigenvalue weighted by atomic mass is 9.77. The highest BCUT2D eigenvalue weighted by Gasteiger charge is 2.39. The van der Waals surface area contributed by atoms with Gasteiger partial charge in [-0.1, -0.05) is 60.7 Å². The van der Waals surface area contributed by atoms with Crippen LogP contribution in [0.2, 0.25) is 0 Å². The predicted molar refractivity (Wildman–Crippen MR) is 142 cm³/mol. The fourth-order valence-electron chi connectivity index (χ4n) is 5.37. The fraction of sp³-hybridized carbons (Fsp3) is 0.207. The lowest BCUT2D eigenvalue weighted by Gasteiger charge is -2.35. The van der Waals surface area contributed by atoms with Crippen molar-refractivity contribution in [3.8, 4) is 22.6 Å². The third kappa shape index (κ3) is 4.00. The monoisotopic (exact) mass is 493 g/mol. The summed E-state index contributed by atoms with van der Waals surface area (Å²) in [6, 6.07) is 23.9. The summed E-state index contributed by atoms with van der Waals surface area (Å²) in [7, 11) is 3.22. The number of ether oxygens (including phenoxy) is 2. The van der Waals surface area contributed by atoms with Crippen LogP contribution in [0.5, 0.6) is 11.5 Å². The number of hydrogen-bond donors (Lipinski definition) is 2. The van der Waals surface area contributed by atoms with Crippen molar-refractivity contribution in [3.05, 3.63) is 95.2 Å². The van der Waals surface area contributed by atoms with Gasteiger partial charge >= 0.3 is 0 Å². The maximum absolute atomic E-state index is 13.7. The molecule has 0 bridgehead atoms. The zero-order valence-electron chi connectivity index (χ0n) is 20.6. The molecule has 2 heterocycles. The van der Waals surface area contributed by atoms with Crippen LogP contribution >= 0.6 is 0 Å². The standard InChI is InChI=1S/C29H27N5O3/c1-36-24-13-12-20(16-25(24)37-2)21-14-22-26(23(35)15-21)27(34-29(31-22)32-28(30)33-34)19-10-8-18(9-11-19)17-6-4-3-5-7-17/h3-13,16,21,27H,14-15H2,1-2H3,(H3,30,31,32,33)/t21-,27+/m1/s1. The number of methoxy groups -OCH3 is 2. The highest BCUT2D eigenvalue weighted by atomic mass is 16.5. The van der Waals surface area contributed by atoms with E-state index in [0.717, 1.165) is 28.0 Å². The van der Waals surface area contributed by atoms with E-state index in [1.54, 1.807) is 18.9 Å². The smallest absolute Gasteiger partial charge is 0.241 e. The highest BCUT2D eigenvalue weighted by Crippen LogP contribution is 2.45. The zero-order valence-corrected chi connectivity index (χ0v) is 20.6. The summed E-state index contributed by atoms with van der Waals surface area (Å²) < 4.78 is 12.6. The predicted octanol–water partition coefficient (Wildman–Crippen LogP) is 4.96. The molecular weight excluding hydrogens is 466 g/mol. The number of nitrogen functional groups attached to an aromatic ring is 1. The summed E-state index contributed by atoms with van der Waals surface area (Å²) in [5, 5.41) is 7.79. The average Bonchev–Trinajstić information content (AvgIpc) is 3.31. The summed E-state index contributed by atoms with van der Waals surface area (Å²) in [6.07, 6.45) is 1.04. The molecule has 186 valence electrons. The lowest BCUT2D eigenvalue weighted by molar-refractivity contribution is -0.116. The molecule has 2 aliphatic rings. The number of anilines is 2. The van der Waals surface area contributed by atoms with Crippen molar-refractivity contribution in [3.63, 3.8) is 0 Å². The van der Waals surface area contributed by atoms with Gasteiger partial charge in [0.25, 0.3) is 0 Å². The minimum absolute atomic E-state index is 0.00789. The fourth-order valence-corrected chi connectivity index (χ4v) is 5.37. The van der Waals surface area contributed by atoms with Gasteiger partial charge in [0.2, 0.25) is 11.9 Å². The molecule has 1 aliphatic heterocycles. The van der Waals surface area contributed by atoms with Gasteiger partial charge in [0.05, 0.1) is 14.2 Å². The van der Waals surface area contributed by atoms with E-state index in [-0.39, 0.29) is 17.6 Å². The van der Waals surface area contributed by atoms with Crippen molar-refractivity contribution in [1.29, 1.82) is 0 Å². The Morgan fingerprint density at radius 3 is 2.32 bits per heavy atom. The van der Waals surface area contributed by atoms with Gasteiger partial charge in [-0.2, -0.15) is 4.98 Å². The third-order valence-corrected chi connectivity index (χ3v) is 7.15. The molecule has 3 aromatic carbocycles. The normalized spacial score (nSPS) is 18.6. The summed E-state index contributed by atoms with van der Waals surface area (Å²) in [6.45, 7) is 0. The van der Waals surface area contributed by atoms with Crippen LogP contribution in [0.4, 0.5) is 11.9 Å². The van der Waals surface area contributed by atoms with Gasteiger partial charge in [0.15, 0.2) is 17.3 Å². The number of nitrogens with one attached hydrogen (secondary N) is 1. The van der Waals surface area contributed by atoms with Crippen LogP contribution in [0, 0.1) is 0 Å². The molecule has 1 aromatic heterocycles. The van der Waals surface area contributed by atoms with Crippen LogP contribution in [0.25, 0.3) is 11.1 Å². The number of nitrogens with two attached hydrogens (primary N) is 1. The van der Waals surface area contributed by atoms with Gasteiger partial charge in [0, 0.05) is 17.7 Å². The Kier molecular flexibility index (Phi) is 5.64. The molecule has 4 aromatic rings. The highest BCUT2D eigenvalue weighted by molar-refractivity contribution is 6.00. The van der Waals surface area contributed by atoms with E-state index in [4.69, 9.17) is 15.2 Å². The number of Topliss-reactive ketones (excluding diaryl/α,β-unsaturated/α-hetero) is 1. The van der Waals surface area contributed by atoms with E-state index in [2.05, 4.69) is 51.8 Å². The Morgan fingerprint density at radius 1 is 0.892 bits per heavy atom. The minimum Gasteiger partial charge on any atom is -0.493 e. The number of ketones is 1. The second kappa shape index (κ2) is 9.13. The van der Waals surface area contributed by atoms with E-state index < -0.39 is 6.04 Å². The van der Waals surface area contributed by atoms with E-state index in [0.29, 0.717) is 35.9 Å². The summed E-state index contributed by atoms with van der Waals surface area (Å²) >= 11 is 0. The number of fused-ring (bicyclic) bond motifs is 1. The SMILES string of the molecule is COc1ccc([C@H]2CC(=O)C3=C(C2)Nc2nc(N)nn2[C@H]3c2ccc(-c3ccccc3)cc2)cc1OC. The van der Waals surface area contributed by atoms with Crippen LogP contribution in [-0.4, -0.2) is 34.8 Å². The van der Waals surface area contributed by atoms with Crippen molar-refractivity contribution in [2.75, 3.05) is 25.3 Å². The number of allylic oxidation sites excluding steroid dienone is 2. The van der Waals surface area contributed by atoms with Gasteiger partial charge in [-0.3, -0.25) is 4.79 Å². The number of nitrogens with zero attached hydrogens (tertiary/aromatic N) is 3. The quantitative estimate of drug-likeness (QED) is 0.405. The molecule has 0 saturated heterocycles. The van der Waals surface area contributed by atoms with Crippen LogP contribution < -0.4 is 20.5 Å². The van der Waals surface area contributed by atoms with Crippen molar-refractivity contribution in [2.24, 2.45) is 0 Å². The Hall–Kier alpha value is -4.59. The molecule has 0 fully saturated rings. The van der Waals surface area contributed by atoms with Crippen LogP contribution in [0.3, 0.4) is 0 Å². The van der Waals surface area contributed by atoms with Crippen molar-refractivity contribution < 1.29 is 14.3 Å². The Balaban J connectivity index is 1.39. The van der Waals surface area contributed by atoms with Crippen LogP contribution in [0.15, 0.2) is 84.1 Å². The maximum Gasteiger partial charge on any atom is 0.241 e. The molecule has 0 amide bonds. The summed E-state index contributed by atoms with van der Waals surface area (Å²) in [4.78, 5) is 18.1. The van der Waals surface area contributed by atoms with Gasteiger partial charge in [-0.25, -0.2) is 4.68 Å². The molecule has 3 N–H and O–H groups in total. The number of aromatic nitrogens is 3. The van der Waals surface area contributed by atoms with Crippen molar-refractivity contribution in [1.82, 2.24) is 14.8 Å².